The van der Waals surface area contributed by atoms with Crippen molar-refractivity contribution in [3.05, 3.63) is 29.6 Å². The fourth-order valence-corrected chi connectivity index (χ4v) is 2.02. The van der Waals surface area contributed by atoms with Crippen molar-refractivity contribution in [2.45, 2.75) is 32.3 Å². The zero-order valence-corrected chi connectivity index (χ0v) is 9.85. The Labute approximate surface area is 95.8 Å². The average molecular weight is 223 g/mol. The van der Waals surface area contributed by atoms with Crippen molar-refractivity contribution in [2.75, 3.05) is 13.1 Å². The maximum atomic E-state index is 13.1. The lowest BCUT2D eigenvalue weighted by Gasteiger charge is -2.34. The summed E-state index contributed by atoms with van der Waals surface area (Å²) >= 11 is 0. The second-order valence-electron chi connectivity index (χ2n) is 4.71. The van der Waals surface area contributed by atoms with Crippen molar-refractivity contribution < 1.29 is 9.13 Å². The van der Waals surface area contributed by atoms with E-state index in [0.717, 1.165) is 31.7 Å². The highest BCUT2D eigenvalue weighted by atomic mass is 19.1. The smallest absolute Gasteiger partial charge is 0.126 e. The van der Waals surface area contributed by atoms with Crippen LogP contribution in [-0.2, 0) is 0 Å². The van der Waals surface area contributed by atoms with Gasteiger partial charge in [-0.25, -0.2) is 4.39 Å². The van der Waals surface area contributed by atoms with Crippen LogP contribution >= 0.6 is 0 Å². The molecule has 0 bridgehead atoms. The Morgan fingerprint density at radius 1 is 1.31 bits per heavy atom. The normalized spacial score (nSPS) is 19.4. The van der Waals surface area contributed by atoms with Crippen LogP contribution in [0.5, 0.6) is 5.75 Å². The number of nitrogens with one attached hydrogen (secondary N) is 1. The molecular formula is C13H18FNO. The Morgan fingerprint density at radius 3 is 2.62 bits per heavy atom. The number of piperidine rings is 1. The summed E-state index contributed by atoms with van der Waals surface area (Å²) in [6.45, 7) is 5.84. The van der Waals surface area contributed by atoms with E-state index in [4.69, 9.17) is 4.74 Å². The van der Waals surface area contributed by atoms with Gasteiger partial charge in [0.15, 0.2) is 0 Å². The summed E-state index contributed by atoms with van der Waals surface area (Å²) in [4.78, 5) is 0. The van der Waals surface area contributed by atoms with Crippen LogP contribution < -0.4 is 10.1 Å². The van der Waals surface area contributed by atoms with Crippen LogP contribution in [-0.4, -0.2) is 18.7 Å². The summed E-state index contributed by atoms with van der Waals surface area (Å²) in [7, 11) is 0. The molecule has 1 heterocycles. The Morgan fingerprint density at radius 2 is 2.00 bits per heavy atom. The third-order valence-corrected chi connectivity index (χ3v) is 3.15. The van der Waals surface area contributed by atoms with E-state index in [0.29, 0.717) is 5.56 Å². The van der Waals surface area contributed by atoms with Crippen molar-refractivity contribution in [3.63, 3.8) is 0 Å². The zero-order chi connectivity index (χ0) is 11.6. The van der Waals surface area contributed by atoms with Gasteiger partial charge in [-0.3, -0.25) is 0 Å². The molecule has 2 rings (SSSR count). The monoisotopic (exact) mass is 223 g/mol. The minimum atomic E-state index is -0.178. The van der Waals surface area contributed by atoms with Gasteiger partial charge in [-0.15, -0.1) is 0 Å². The van der Waals surface area contributed by atoms with Crippen LogP contribution in [0.15, 0.2) is 18.2 Å². The average Bonchev–Trinajstić information content (AvgIpc) is 2.24. The van der Waals surface area contributed by atoms with E-state index in [2.05, 4.69) is 12.2 Å². The van der Waals surface area contributed by atoms with Crippen LogP contribution in [0.1, 0.15) is 25.3 Å². The molecule has 1 aliphatic heterocycles. The summed E-state index contributed by atoms with van der Waals surface area (Å²) < 4.78 is 19.1. The molecule has 1 saturated heterocycles. The highest BCUT2D eigenvalue weighted by Crippen LogP contribution is 2.27. The van der Waals surface area contributed by atoms with Gasteiger partial charge in [0.05, 0.1) is 0 Å². The minimum absolute atomic E-state index is 0.116. The molecule has 0 saturated carbocycles. The van der Waals surface area contributed by atoms with Crippen molar-refractivity contribution in [1.82, 2.24) is 5.32 Å². The number of aryl methyl sites for hydroxylation is 1. The Balaban J connectivity index is 2.10. The molecule has 1 aromatic carbocycles. The van der Waals surface area contributed by atoms with Crippen LogP contribution in [0, 0.1) is 12.7 Å². The molecule has 2 nitrogen and oxygen atoms in total. The quantitative estimate of drug-likeness (QED) is 0.832. The van der Waals surface area contributed by atoms with Crippen LogP contribution in [0.2, 0.25) is 0 Å². The van der Waals surface area contributed by atoms with E-state index >= 15 is 0 Å². The number of ether oxygens (including phenoxy) is 1. The fraction of sp³-hybridized carbons (Fsp3) is 0.538. The third-order valence-electron chi connectivity index (χ3n) is 3.15. The second kappa shape index (κ2) is 4.42. The molecular weight excluding hydrogens is 205 g/mol. The number of hydrogen-bond acceptors (Lipinski definition) is 2. The summed E-state index contributed by atoms with van der Waals surface area (Å²) in [5.41, 5.74) is 0.519. The van der Waals surface area contributed by atoms with E-state index in [1.165, 1.54) is 6.07 Å². The van der Waals surface area contributed by atoms with Crippen LogP contribution in [0.3, 0.4) is 0 Å². The highest BCUT2D eigenvalue weighted by Gasteiger charge is 2.28. The number of hydrogen-bond donors (Lipinski definition) is 1. The number of benzene rings is 1. The zero-order valence-electron chi connectivity index (χ0n) is 9.85. The summed E-state index contributed by atoms with van der Waals surface area (Å²) in [5, 5.41) is 3.31. The summed E-state index contributed by atoms with van der Waals surface area (Å²) in [6, 6.07) is 4.94. The first-order valence-electron chi connectivity index (χ1n) is 5.75. The standard InChI is InChI=1S/C13H18FNO/c1-10-9-11(3-4-12(10)14)16-13(2)5-7-15-8-6-13/h3-4,9,15H,5-8H2,1-2H3. The van der Waals surface area contributed by atoms with Crippen molar-refractivity contribution in [3.8, 4) is 5.75 Å². The molecule has 1 fully saturated rings. The van der Waals surface area contributed by atoms with Crippen molar-refractivity contribution in [2.24, 2.45) is 0 Å². The van der Waals surface area contributed by atoms with Gasteiger partial charge in [-0.2, -0.15) is 0 Å². The predicted octanol–water partition coefficient (Wildman–Crippen LogP) is 2.66. The molecule has 16 heavy (non-hydrogen) atoms. The van der Waals surface area contributed by atoms with Gasteiger partial charge < -0.3 is 10.1 Å². The lowest BCUT2D eigenvalue weighted by Crippen LogP contribution is -2.43. The second-order valence-corrected chi connectivity index (χ2v) is 4.71. The fourth-order valence-electron chi connectivity index (χ4n) is 2.02. The minimum Gasteiger partial charge on any atom is -0.487 e. The molecule has 0 atom stereocenters. The Bertz CT molecular complexity index is 372. The molecule has 1 aromatic rings. The third kappa shape index (κ3) is 2.53. The van der Waals surface area contributed by atoms with Gasteiger partial charge in [0.2, 0.25) is 0 Å². The number of rotatable bonds is 2. The molecule has 3 heteroatoms. The first-order chi connectivity index (χ1) is 7.59. The van der Waals surface area contributed by atoms with Gasteiger partial charge >= 0.3 is 0 Å². The SMILES string of the molecule is Cc1cc(OC2(C)CCNCC2)ccc1F. The van der Waals surface area contributed by atoms with Gasteiger partial charge in [0, 0.05) is 0 Å². The molecule has 0 radical (unpaired) electrons. The van der Waals surface area contributed by atoms with Gasteiger partial charge in [-0.1, -0.05) is 0 Å². The molecule has 1 aliphatic rings. The molecule has 0 unspecified atom stereocenters. The predicted molar refractivity (Wildman–Crippen MR) is 62.3 cm³/mol. The lowest BCUT2D eigenvalue weighted by molar-refractivity contribution is 0.0554. The van der Waals surface area contributed by atoms with E-state index in [1.807, 2.05) is 0 Å². The lowest BCUT2D eigenvalue weighted by atomic mass is 9.94. The molecule has 0 spiro atoms. The summed E-state index contributed by atoms with van der Waals surface area (Å²) in [5.74, 6) is 0.589. The molecule has 0 aliphatic carbocycles. The Hall–Kier alpha value is -1.09. The highest BCUT2D eigenvalue weighted by molar-refractivity contribution is 5.29. The molecule has 1 N–H and O–H groups in total. The Kier molecular flexibility index (Phi) is 3.15. The first-order valence-corrected chi connectivity index (χ1v) is 5.75. The van der Waals surface area contributed by atoms with Gasteiger partial charge in [0.1, 0.15) is 17.2 Å². The van der Waals surface area contributed by atoms with Crippen LogP contribution in [0.4, 0.5) is 4.39 Å². The van der Waals surface area contributed by atoms with Crippen molar-refractivity contribution >= 4 is 0 Å². The molecule has 0 aromatic heterocycles. The topological polar surface area (TPSA) is 21.3 Å². The molecule has 88 valence electrons. The van der Waals surface area contributed by atoms with E-state index in [1.54, 1.807) is 19.1 Å². The van der Waals surface area contributed by atoms with Crippen LogP contribution in [0.25, 0.3) is 0 Å². The maximum Gasteiger partial charge on any atom is 0.126 e. The number of halogens is 1. The largest absolute Gasteiger partial charge is 0.487 e. The summed E-state index contributed by atoms with van der Waals surface area (Å²) in [6.07, 6.45) is 1.98. The molecule has 0 amide bonds. The van der Waals surface area contributed by atoms with E-state index in [-0.39, 0.29) is 11.4 Å². The first kappa shape index (κ1) is 11.4. The van der Waals surface area contributed by atoms with E-state index in [9.17, 15) is 4.39 Å². The van der Waals surface area contributed by atoms with Gasteiger partial charge in [-0.05, 0) is 63.5 Å². The van der Waals surface area contributed by atoms with Crippen molar-refractivity contribution in [1.29, 1.82) is 0 Å². The maximum absolute atomic E-state index is 13.1. The van der Waals surface area contributed by atoms with E-state index < -0.39 is 0 Å². The van der Waals surface area contributed by atoms with Gasteiger partial charge in [0.25, 0.3) is 0 Å².